The Morgan fingerprint density at radius 1 is 1.75 bits per heavy atom. The third kappa shape index (κ3) is 3.75. The van der Waals surface area contributed by atoms with Gasteiger partial charge >= 0.3 is 0 Å². The molecular formula is C6H10ClN. The highest BCUT2D eigenvalue weighted by molar-refractivity contribution is 6.30. The quantitative estimate of drug-likeness (QED) is 0.565. The van der Waals surface area contributed by atoms with Crippen LogP contribution in [0.3, 0.4) is 0 Å². The van der Waals surface area contributed by atoms with Gasteiger partial charge in [-0.3, -0.25) is 0 Å². The topological polar surface area (TPSA) is 12.0 Å². The van der Waals surface area contributed by atoms with Crippen molar-refractivity contribution in [2.75, 3.05) is 7.05 Å². The van der Waals surface area contributed by atoms with Crippen LogP contribution in [0.2, 0.25) is 0 Å². The van der Waals surface area contributed by atoms with Crippen LogP contribution in [0.5, 0.6) is 0 Å². The van der Waals surface area contributed by atoms with Gasteiger partial charge in [0.15, 0.2) is 0 Å². The molecule has 0 aromatic carbocycles. The van der Waals surface area contributed by atoms with Crippen LogP contribution in [0.1, 0.15) is 6.92 Å². The Labute approximate surface area is 55.0 Å². The van der Waals surface area contributed by atoms with E-state index in [4.69, 9.17) is 11.6 Å². The highest BCUT2D eigenvalue weighted by atomic mass is 35.5. The van der Waals surface area contributed by atoms with Crippen molar-refractivity contribution in [2.45, 2.75) is 6.92 Å². The number of nitrogens with one attached hydrogen (secondary N) is 1. The molecule has 0 aliphatic carbocycles. The van der Waals surface area contributed by atoms with Crippen molar-refractivity contribution >= 4 is 11.6 Å². The lowest BCUT2D eigenvalue weighted by atomic mass is 10.4. The Morgan fingerprint density at radius 3 is 2.38 bits per heavy atom. The van der Waals surface area contributed by atoms with Gasteiger partial charge in [-0.1, -0.05) is 18.2 Å². The van der Waals surface area contributed by atoms with Gasteiger partial charge in [0, 0.05) is 17.8 Å². The third-order valence-corrected chi connectivity index (χ3v) is 0.877. The zero-order chi connectivity index (χ0) is 6.57. The maximum absolute atomic E-state index is 5.44. The first-order valence-corrected chi connectivity index (χ1v) is 2.75. The molecule has 0 amide bonds. The van der Waals surface area contributed by atoms with Gasteiger partial charge in [-0.05, 0) is 13.0 Å². The molecule has 0 fully saturated rings. The van der Waals surface area contributed by atoms with Crippen LogP contribution >= 0.6 is 11.6 Å². The van der Waals surface area contributed by atoms with Crippen LogP contribution < -0.4 is 5.32 Å². The largest absolute Gasteiger partial charge is 0.392 e. The van der Waals surface area contributed by atoms with E-state index in [2.05, 4.69) is 11.9 Å². The maximum atomic E-state index is 5.44. The van der Waals surface area contributed by atoms with E-state index in [1.165, 1.54) is 0 Å². The average molecular weight is 132 g/mol. The fourth-order valence-electron chi connectivity index (χ4n) is 0.307. The molecule has 0 bridgehead atoms. The molecule has 0 rings (SSSR count). The molecule has 0 saturated heterocycles. The lowest BCUT2D eigenvalue weighted by molar-refractivity contribution is 0.990. The van der Waals surface area contributed by atoms with Gasteiger partial charge in [-0.2, -0.15) is 0 Å². The summed E-state index contributed by atoms with van der Waals surface area (Å²) in [6, 6.07) is 0. The second kappa shape index (κ2) is 3.56. The van der Waals surface area contributed by atoms with E-state index in [0.29, 0.717) is 5.03 Å². The summed E-state index contributed by atoms with van der Waals surface area (Å²) < 4.78 is 0. The van der Waals surface area contributed by atoms with Crippen molar-refractivity contribution in [1.29, 1.82) is 0 Å². The van der Waals surface area contributed by atoms with Gasteiger partial charge in [0.25, 0.3) is 0 Å². The van der Waals surface area contributed by atoms with Crippen molar-refractivity contribution in [3.63, 3.8) is 0 Å². The average Bonchev–Trinajstić information content (AvgIpc) is 1.65. The van der Waals surface area contributed by atoms with Gasteiger partial charge in [0.05, 0.1) is 0 Å². The lowest BCUT2D eigenvalue weighted by Gasteiger charge is -1.94. The van der Waals surface area contributed by atoms with E-state index in [1.807, 2.05) is 14.0 Å². The molecule has 0 aliphatic heterocycles. The zero-order valence-electron chi connectivity index (χ0n) is 5.16. The normalized spacial score (nSPS) is 11.1. The summed E-state index contributed by atoms with van der Waals surface area (Å²) in [4.78, 5) is 0. The summed E-state index contributed by atoms with van der Waals surface area (Å²) in [5.41, 5.74) is 1.02. The zero-order valence-corrected chi connectivity index (χ0v) is 5.92. The predicted molar refractivity (Wildman–Crippen MR) is 37.8 cm³/mol. The monoisotopic (exact) mass is 131 g/mol. The van der Waals surface area contributed by atoms with Crippen LogP contribution in [0.15, 0.2) is 23.4 Å². The molecule has 0 spiro atoms. The Balaban J connectivity index is 3.75. The molecule has 0 unspecified atom stereocenters. The van der Waals surface area contributed by atoms with Crippen LogP contribution in [0.25, 0.3) is 0 Å². The second-order valence-corrected chi connectivity index (χ2v) is 2.01. The van der Waals surface area contributed by atoms with E-state index in [9.17, 15) is 0 Å². The minimum absolute atomic E-state index is 0.553. The maximum Gasteiger partial charge on any atom is 0.0351 e. The molecule has 0 atom stereocenters. The first-order valence-electron chi connectivity index (χ1n) is 2.37. The number of hydrogen-bond donors (Lipinski definition) is 1. The van der Waals surface area contributed by atoms with Crippen LogP contribution in [0.4, 0.5) is 0 Å². The molecular weight excluding hydrogens is 122 g/mol. The Bertz CT molecular complexity index is 116. The predicted octanol–water partition coefficient (Wildman–Crippen LogP) is 1.86. The minimum atomic E-state index is 0.553. The lowest BCUT2D eigenvalue weighted by Crippen LogP contribution is -2.00. The highest BCUT2D eigenvalue weighted by Crippen LogP contribution is 2.00. The van der Waals surface area contributed by atoms with E-state index < -0.39 is 0 Å². The standard InChI is InChI=1S/C6H10ClN/c1-5(7)4-6(2)8-3/h4,8H,1H2,2-3H3/b6-4+. The number of rotatable bonds is 2. The Kier molecular flexibility index (Phi) is 3.37. The summed E-state index contributed by atoms with van der Waals surface area (Å²) in [6.07, 6.45) is 1.77. The second-order valence-electron chi connectivity index (χ2n) is 1.52. The van der Waals surface area contributed by atoms with E-state index in [1.54, 1.807) is 6.08 Å². The molecule has 1 nitrogen and oxygen atoms in total. The summed E-state index contributed by atoms with van der Waals surface area (Å²) in [5.74, 6) is 0. The summed E-state index contributed by atoms with van der Waals surface area (Å²) in [5, 5.41) is 3.46. The Morgan fingerprint density at radius 2 is 2.25 bits per heavy atom. The SMILES string of the molecule is C=C(Cl)/C=C(\C)NC. The van der Waals surface area contributed by atoms with Gasteiger partial charge < -0.3 is 5.32 Å². The molecule has 0 aliphatic rings. The van der Waals surface area contributed by atoms with Gasteiger partial charge in [0.2, 0.25) is 0 Å². The molecule has 8 heavy (non-hydrogen) atoms. The van der Waals surface area contributed by atoms with Crippen LogP contribution in [-0.2, 0) is 0 Å². The third-order valence-electron chi connectivity index (χ3n) is 0.767. The first-order chi connectivity index (χ1) is 3.66. The number of hydrogen-bond acceptors (Lipinski definition) is 1. The summed E-state index contributed by atoms with van der Waals surface area (Å²) in [7, 11) is 1.84. The summed E-state index contributed by atoms with van der Waals surface area (Å²) >= 11 is 5.44. The van der Waals surface area contributed by atoms with Gasteiger partial charge in [0.1, 0.15) is 0 Å². The van der Waals surface area contributed by atoms with Crippen molar-refractivity contribution in [3.05, 3.63) is 23.4 Å². The van der Waals surface area contributed by atoms with Crippen molar-refractivity contribution in [3.8, 4) is 0 Å². The molecule has 0 aromatic rings. The number of allylic oxidation sites excluding steroid dienone is 3. The van der Waals surface area contributed by atoms with Gasteiger partial charge in [-0.15, -0.1) is 0 Å². The highest BCUT2D eigenvalue weighted by Gasteiger charge is 1.80. The van der Waals surface area contributed by atoms with Gasteiger partial charge in [-0.25, -0.2) is 0 Å². The molecule has 1 N–H and O–H groups in total. The van der Waals surface area contributed by atoms with E-state index >= 15 is 0 Å². The molecule has 0 heterocycles. The molecule has 0 radical (unpaired) electrons. The number of halogens is 1. The van der Waals surface area contributed by atoms with Crippen LogP contribution in [-0.4, -0.2) is 7.05 Å². The Hall–Kier alpha value is -0.430. The first kappa shape index (κ1) is 7.57. The smallest absolute Gasteiger partial charge is 0.0351 e. The van der Waals surface area contributed by atoms with E-state index in [0.717, 1.165) is 5.70 Å². The molecule has 2 heteroatoms. The summed E-state index contributed by atoms with van der Waals surface area (Å²) in [6.45, 7) is 5.42. The molecule has 46 valence electrons. The molecule has 0 saturated carbocycles. The fraction of sp³-hybridized carbons (Fsp3) is 0.333. The van der Waals surface area contributed by atoms with Crippen molar-refractivity contribution in [2.24, 2.45) is 0 Å². The van der Waals surface area contributed by atoms with Crippen molar-refractivity contribution in [1.82, 2.24) is 5.32 Å². The molecule has 0 aromatic heterocycles. The van der Waals surface area contributed by atoms with E-state index in [-0.39, 0.29) is 0 Å². The minimum Gasteiger partial charge on any atom is -0.392 e. The van der Waals surface area contributed by atoms with Crippen LogP contribution in [0, 0.1) is 0 Å². The fourth-order valence-corrected chi connectivity index (χ4v) is 0.471. The van der Waals surface area contributed by atoms with Crippen molar-refractivity contribution < 1.29 is 0 Å².